The molecular formula is C14H15F3N2O2. The molecule has 0 unspecified atom stereocenters. The van der Waals surface area contributed by atoms with Gasteiger partial charge in [-0.05, 0) is 37.6 Å². The molecule has 0 radical (unpaired) electrons. The summed E-state index contributed by atoms with van der Waals surface area (Å²) in [5.41, 5.74) is -1.90. The maximum Gasteiger partial charge on any atom is 0.417 e. The molecule has 0 aliphatic carbocycles. The van der Waals surface area contributed by atoms with Crippen molar-refractivity contribution in [3.05, 3.63) is 45.6 Å². The van der Waals surface area contributed by atoms with Gasteiger partial charge in [-0.1, -0.05) is 6.07 Å². The molecule has 1 heterocycles. The molecule has 0 atom stereocenters. The second-order valence-corrected chi connectivity index (χ2v) is 4.91. The van der Waals surface area contributed by atoms with Gasteiger partial charge in [0.05, 0.1) is 16.1 Å². The van der Waals surface area contributed by atoms with Gasteiger partial charge in [-0.15, -0.1) is 0 Å². The second-order valence-electron chi connectivity index (χ2n) is 4.91. The Morgan fingerprint density at radius 3 is 2.43 bits per heavy atom. The van der Waals surface area contributed by atoms with E-state index in [0.29, 0.717) is 0 Å². The number of benzene rings is 1. The molecule has 1 aliphatic rings. The summed E-state index contributed by atoms with van der Waals surface area (Å²) in [4.78, 5) is 12.0. The lowest BCUT2D eigenvalue weighted by Gasteiger charge is -2.24. The number of halogens is 3. The summed E-state index contributed by atoms with van der Waals surface area (Å²) < 4.78 is 39.0. The Bertz CT molecular complexity index is 550. The SMILES string of the molecule is O=[N+]([O-])c1cccc(C(F)(F)F)c1C=CN1CCCCC1. The fraction of sp³-hybridized carbons (Fsp3) is 0.429. The number of nitrogens with zero attached hydrogens (tertiary/aromatic N) is 2. The smallest absolute Gasteiger partial charge is 0.377 e. The molecule has 4 nitrogen and oxygen atoms in total. The van der Waals surface area contributed by atoms with Crippen molar-refractivity contribution in [2.24, 2.45) is 0 Å². The van der Waals surface area contributed by atoms with Gasteiger partial charge in [-0.25, -0.2) is 0 Å². The van der Waals surface area contributed by atoms with Crippen molar-refractivity contribution < 1.29 is 18.1 Å². The molecule has 1 fully saturated rings. The lowest BCUT2D eigenvalue weighted by Crippen LogP contribution is -2.24. The highest BCUT2D eigenvalue weighted by Gasteiger charge is 2.35. The maximum absolute atomic E-state index is 13.0. The number of rotatable bonds is 3. The Morgan fingerprint density at radius 1 is 1.19 bits per heavy atom. The molecule has 7 heteroatoms. The largest absolute Gasteiger partial charge is 0.417 e. The minimum atomic E-state index is -4.62. The summed E-state index contributed by atoms with van der Waals surface area (Å²) in [6, 6.07) is 3.01. The highest BCUT2D eigenvalue weighted by atomic mass is 19.4. The minimum absolute atomic E-state index is 0.388. The van der Waals surface area contributed by atoms with Gasteiger partial charge in [-0.2, -0.15) is 13.2 Å². The molecule has 1 aromatic rings. The molecule has 1 saturated heterocycles. The number of hydrogen-bond acceptors (Lipinski definition) is 3. The van der Waals surface area contributed by atoms with Crippen molar-refractivity contribution in [3.63, 3.8) is 0 Å². The number of nitro benzene ring substituents is 1. The third-order valence-corrected chi connectivity index (χ3v) is 3.43. The Morgan fingerprint density at radius 2 is 1.86 bits per heavy atom. The Hall–Kier alpha value is -2.05. The van der Waals surface area contributed by atoms with Gasteiger partial charge in [-0.3, -0.25) is 10.1 Å². The van der Waals surface area contributed by atoms with E-state index in [9.17, 15) is 23.3 Å². The highest BCUT2D eigenvalue weighted by molar-refractivity contribution is 5.65. The van der Waals surface area contributed by atoms with Crippen LogP contribution in [0, 0.1) is 10.1 Å². The van der Waals surface area contributed by atoms with Gasteiger partial charge in [0.1, 0.15) is 0 Å². The van der Waals surface area contributed by atoms with E-state index in [1.54, 1.807) is 0 Å². The minimum Gasteiger partial charge on any atom is -0.377 e. The monoisotopic (exact) mass is 300 g/mol. The van der Waals surface area contributed by atoms with Crippen LogP contribution in [0.1, 0.15) is 30.4 Å². The van der Waals surface area contributed by atoms with Gasteiger partial charge in [0, 0.05) is 19.2 Å². The van der Waals surface area contributed by atoms with Crippen molar-refractivity contribution in [1.29, 1.82) is 0 Å². The number of likely N-dealkylation sites (tertiary alicyclic amines) is 1. The zero-order valence-corrected chi connectivity index (χ0v) is 11.3. The van der Waals surface area contributed by atoms with E-state index < -0.39 is 22.4 Å². The van der Waals surface area contributed by atoms with E-state index in [4.69, 9.17) is 0 Å². The van der Waals surface area contributed by atoms with E-state index in [1.165, 1.54) is 12.3 Å². The number of nitro groups is 1. The fourth-order valence-corrected chi connectivity index (χ4v) is 2.38. The molecular weight excluding hydrogens is 285 g/mol. The molecule has 1 aliphatic heterocycles. The van der Waals surface area contributed by atoms with Crippen LogP contribution in [0.2, 0.25) is 0 Å². The Kier molecular flexibility index (Phi) is 4.50. The highest BCUT2D eigenvalue weighted by Crippen LogP contribution is 2.36. The zero-order chi connectivity index (χ0) is 15.5. The van der Waals surface area contributed by atoms with Crippen LogP contribution in [0.3, 0.4) is 0 Å². The first kappa shape index (κ1) is 15.3. The molecule has 0 N–H and O–H groups in total. The normalized spacial score (nSPS) is 16.4. The molecule has 0 spiro atoms. The van der Waals surface area contributed by atoms with Gasteiger partial charge in [0.25, 0.3) is 5.69 Å². The van der Waals surface area contributed by atoms with E-state index >= 15 is 0 Å². The van der Waals surface area contributed by atoms with Gasteiger partial charge in [0.2, 0.25) is 0 Å². The van der Waals surface area contributed by atoms with Crippen LogP contribution in [0.5, 0.6) is 0 Å². The van der Waals surface area contributed by atoms with E-state index in [1.807, 2.05) is 4.90 Å². The van der Waals surface area contributed by atoms with E-state index in [-0.39, 0.29) is 5.56 Å². The summed E-state index contributed by atoms with van der Waals surface area (Å²) in [7, 11) is 0. The average molecular weight is 300 g/mol. The number of piperidine rings is 1. The van der Waals surface area contributed by atoms with Gasteiger partial charge >= 0.3 is 6.18 Å². The van der Waals surface area contributed by atoms with E-state index in [0.717, 1.165) is 50.6 Å². The lowest BCUT2D eigenvalue weighted by atomic mass is 10.0. The number of alkyl halides is 3. The van der Waals surface area contributed by atoms with Crippen LogP contribution in [0.4, 0.5) is 18.9 Å². The van der Waals surface area contributed by atoms with Gasteiger partial charge < -0.3 is 4.90 Å². The molecule has 0 aromatic heterocycles. The maximum atomic E-state index is 13.0. The third kappa shape index (κ3) is 3.74. The Balaban J connectivity index is 2.39. The molecule has 0 amide bonds. The van der Waals surface area contributed by atoms with Crippen molar-refractivity contribution in [3.8, 4) is 0 Å². The molecule has 0 bridgehead atoms. The molecule has 1 aromatic carbocycles. The summed E-state index contributed by atoms with van der Waals surface area (Å²) in [5, 5.41) is 10.9. The molecule has 114 valence electrons. The van der Waals surface area contributed by atoms with Crippen molar-refractivity contribution in [2.45, 2.75) is 25.4 Å². The summed E-state index contributed by atoms with van der Waals surface area (Å²) in [6.07, 6.45) is 1.17. The van der Waals surface area contributed by atoms with Crippen molar-refractivity contribution in [2.75, 3.05) is 13.1 Å². The quantitative estimate of drug-likeness (QED) is 0.624. The van der Waals surface area contributed by atoms with Crippen molar-refractivity contribution in [1.82, 2.24) is 4.90 Å². The third-order valence-electron chi connectivity index (χ3n) is 3.43. The van der Waals surface area contributed by atoms with Crippen LogP contribution in [-0.4, -0.2) is 22.9 Å². The van der Waals surface area contributed by atoms with Gasteiger partial charge in [0.15, 0.2) is 0 Å². The van der Waals surface area contributed by atoms with E-state index in [2.05, 4.69) is 0 Å². The van der Waals surface area contributed by atoms with Crippen LogP contribution in [-0.2, 0) is 6.18 Å². The van der Waals surface area contributed by atoms with Crippen LogP contribution < -0.4 is 0 Å². The fourth-order valence-electron chi connectivity index (χ4n) is 2.38. The van der Waals surface area contributed by atoms with Crippen LogP contribution >= 0.6 is 0 Å². The topological polar surface area (TPSA) is 46.4 Å². The number of hydrogen-bond donors (Lipinski definition) is 0. The van der Waals surface area contributed by atoms with Crippen LogP contribution in [0.25, 0.3) is 6.08 Å². The lowest BCUT2D eigenvalue weighted by molar-refractivity contribution is -0.385. The van der Waals surface area contributed by atoms with Crippen LogP contribution in [0.15, 0.2) is 24.4 Å². The average Bonchev–Trinajstić information content (AvgIpc) is 2.44. The molecule has 21 heavy (non-hydrogen) atoms. The summed E-state index contributed by atoms with van der Waals surface area (Å²) in [6.45, 7) is 1.52. The summed E-state index contributed by atoms with van der Waals surface area (Å²) >= 11 is 0. The van der Waals surface area contributed by atoms with Crippen molar-refractivity contribution >= 4 is 11.8 Å². The zero-order valence-electron chi connectivity index (χ0n) is 11.3. The standard InChI is InChI=1S/C14H15F3N2O2/c15-14(16,17)12-5-4-6-13(19(20)21)11(12)7-10-18-8-2-1-3-9-18/h4-7,10H,1-3,8-9H2. The first-order chi connectivity index (χ1) is 9.89. The summed E-state index contributed by atoms with van der Waals surface area (Å²) in [5.74, 6) is 0. The second kappa shape index (κ2) is 6.15. The first-order valence-electron chi connectivity index (χ1n) is 6.66. The Labute approximate surface area is 120 Å². The first-order valence-corrected chi connectivity index (χ1v) is 6.66. The molecule has 0 saturated carbocycles. The molecule has 2 rings (SSSR count). The predicted molar refractivity (Wildman–Crippen MR) is 72.6 cm³/mol. The predicted octanol–water partition coefficient (Wildman–Crippen LogP) is 4.07.